The second-order valence-corrected chi connectivity index (χ2v) is 5.28. The van der Waals surface area contributed by atoms with Crippen LogP contribution in [0.25, 0.3) is 0 Å². The summed E-state index contributed by atoms with van der Waals surface area (Å²) in [5, 5.41) is 12.9. The predicted molar refractivity (Wildman–Crippen MR) is 75.2 cm³/mol. The maximum absolute atomic E-state index is 11.1. The minimum absolute atomic E-state index is 0.0616. The van der Waals surface area contributed by atoms with Crippen molar-refractivity contribution in [3.8, 4) is 5.75 Å². The molecule has 2 N–H and O–H groups in total. The summed E-state index contributed by atoms with van der Waals surface area (Å²) >= 11 is 6.07. The van der Waals surface area contributed by atoms with Gasteiger partial charge in [-0.25, -0.2) is 0 Å². The molecule has 1 fully saturated rings. The number of halogens is 1. The van der Waals surface area contributed by atoms with E-state index in [1.165, 1.54) is 0 Å². The molecule has 5 nitrogen and oxygen atoms in total. The standard InChI is InChI=1S/C14H18ClNO4/c1-19-7-9-3-10(15)5-12(20-2)13(9)11-4-8(6-16-11)14(17)18/h3,5,8,11,16H,4,6-7H2,1-2H3,(H,17,18). The molecule has 0 saturated carbocycles. The summed E-state index contributed by atoms with van der Waals surface area (Å²) in [6.07, 6.45) is 0.532. The van der Waals surface area contributed by atoms with E-state index in [0.717, 1.165) is 11.1 Å². The number of aliphatic carboxylic acids is 1. The van der Waals surface area contributed by atoms with Gasteiger partial charge in [-0.15, -0.1) is 0 Å². The molecule has 6 heteroatoms. The topological polar surface area (TPSA) is 67.8 Å². The van der Waals surface area contributed by atoms with Crippen molar-refractivity contribution >= 4 is 17.6 Å². The normalized spacial score (nSPS) is 21.9. The van der Waals surface area contributed by atoms with Gasteiger partial charge in [0.05, 0.1) is 19.6 Å². The van der Waals surface area contributed by atoms with E-state index >= 15 is 0 Å². The Labute approximate surface area is 122 Å². The first kappa shape index (κ1) is 15.1. The monoisotopic (exact) mass is 299 g/mol. The van der Waals surface area contributed by atoms with E-state index in [4.69, 9.17) is 26.2 Å². The number of benzene rings is 1. The summed E-state index contributed by atoms with van der Waals surface area (Å²) in [4.78, 5) is 11.1. The van der Waals surface area contributed by atoms with Crippen LogP contribution in [0.1, 0.15) is 23.6 Å². The van der Waals surface area contributed by atoms with E-state index in [0.29, 0.717) is 30.3 Å². The third-order valence-electron chi connectivity index (χ3n) is 3.54. The molecule has 0 aliphatic carbocycles. The highest BCUT2D eigenvalue weighted by molar-refractivity contribution is 6.30. The van der Waals surface area contributed by atoms with E-state index in [1.807, 2.05) is 6.07 Å². The zero-order valence-electron chi connectivity index (χ0n) is 11.5. The third kappa shape index (κ3) is 3.06. The first-order valence-corrected chi connectivity index (χ1v) is 6.76. The molecule has 1 aromatic rings. The zero-order chi connectivity index (χ0) is 14.7. The van der Waals surface area contributed by atoms with Gasteiger partial charge in [0.1, 0.15) is 5.75 Å². The summed E-state index contributed by atoms with van der Waals surface area (Å²) in [6.45, 7) is 0.861. The van der Waals surface area contributed by atoms with Crippen molar-refractivity contribution in [1.82, 2.24) is 5.32 Å². The summed E-state index contributed by atoms with van der Waals surface area (Å²) < 4.78 is 10.6. The van der Waals surface area contributed by atoms with Gasteiger partial charge < -0.3 is 19.9 Å². The van der Waals surface area contributed by atoms with Crippen molar-refractivity contribution in [3.63, 3.8) is 0 Å². The molecule has 0 bridgehead atoms. The van der Waals surface area contributed by atoms with Crippen LogP contribution in [-0.4, -0.2) is 31.8 Å². The quantitative estimate of drug-likeness (QED) is 0.872. The van der Waals surface area contributed by atoms with Crippen LogP contribution in [0.15, 0.2) is 12.1 Å². The van der Waals surface area contributed by atoms with Crippen LogP contribution < -0.4 is 10.1 Å². The molecule has 0 spiro atoms. The largest absolute Gasteiger partial charge is 0.496 e. The predicted octanol–water partition coefficient (Wildman–Crippen LogP) is 2.23. The van der Waals surface area contributed by atoms with Crippen molar-refractivity contribution in [2.75, 3.05) is 20.8 Å². The number of hydrogen-bond acceptors (Lipinski definition) is 4. The van der Waals surface area contributed by atoms with Gasteiger partial charge in [-0.3, -0.25) is 4.79 Å². The van der Waals surface area contributed by atoms with E-state index in [-0.39, 0.29) is 12.0 Å². The second kappa shape index (κ2) is 6.43. The van der Waals surface area contributed by atoms with Crippen molar-refractivity contribution in [1.29, 1.82) is 0 Å². The molecular formula is C14H18ClNO4. The summed E-state index contributed by atoms with van der Waals surface area (Å²) in [6, 6.07) is 3.51. The Kier molecular flexibility index (Phi) is 4.86. The summed E-state index contributed by atoms with van der Waals surface area (Å²) in [5.74, 6) is -0.495. The number of carbonyl (C=O) groups is 1. The van der Waals surface area contributed by atoms with E-state index in [1.54, 1.807) is 20.3 Å². The van der Waals surface area contributed by atoms with Gasteiger partial charge in [0.2, 0.25) is 0 Å². The summed E-state index contributed by atoms with van der Waals surface area (Å²) in [5.41, 5.74) is 1.85. The van der Waals surface area contributed by atoms with Gasteiger partial charge in [0, 0.05) is 30.3 Å². The lowest BCUT2D eigenvalue weighted by atomic mass is 9.95. The Morgan fingerprint density at radius 3 is 2.80 bits per heavy atom. The number of methoxy groups -OCH3 is 2. The lowest BCUT2D eigenvalue weighted by Crippen LogP contribution is -2.18. The molecule has 2 unspecified atom stereocenters. The number of carboxylic acids is 1. The highest BCUT2D eigenvalue weighted by Gasteiger charge is 2.33. The fraction of sp³-hybridized carbons (Fsp3) is 0.500. The highest BCUT2D eigenvalue weighted by Crippen LogP contribution is 2.38. The van der Waals surface area contributed by atoms with Gasteiger partial charge in [-0.1, -0.05) is 11.6 Å². The lowest BCUT2D eigenvalue weighted by molar-refractivity contribution is -0.141. The Morgan fingerprint density at radius 1 is 1.50 bits per heavy atom. The van der Waals surface area contributed by atoms with Crippen molar-refractivity contribution in [2.24, 2.45) is 5.92 Å². The minimum Gasteiger partial charge on any atom is -0.496 e. The molecule has 20 heavy (non-hydrogen) atoms. The van der Waals surface area contributed by atoms with Crippen LogP contribution in [0.5, 0.6) is 5.75 Å². The van der Waals surface area contributed by atoms with Gasteiger partial charge in [0.15, 0.2) is 0 Å². The Morgan fingerprint density at radius 2 is 2.25 bits per heavy atom. The molecule has 1 aliphatic heterocycles. The van der Waals surface area contributed by atoms with Gasteiger partial charge in [0.25, 0.3) is 0 Å². The van der Waals surface area contributed by atoms with Crippen LogP contribution >= 0.6 is 11.6 Å². The maximum Gasteiger partial charge on any atom is 0.307 e. The smallest absolute Gasteiger partial charge is 0.307 e. The maximum atomic E-state index is 11.1. The molecule has 0 radical (unpaired) electrons. The molecule has 1 heterocycles. The molecule has 2 rings (SSSR count). The highest BCUT2D eigenvalue weighted by atomic mass is 35.5. The Hall–Kier alpha value is -1.30. The SMILES string of the molecule is COCc1cc(Cl)cc(OC)c1C1CC(C(=O)O)CN1. The van der Waals surface area contributed by atoms with Gasteiger partial charge in [-0.05, 0) is 24.1 Å². The molecule has 110 valence electrons. The van der Waals surface area contributed by atoms with Crippen LogP contribution in [0, 0.1) is 5.92 Å². The molecule has 1 aromatic carbocycles. The zero-order valence-corrected chi connectivity index (χ0v) is 12.2. The molecule has 0 aromatic heterocycles. The van der Waals surface area contributed by atoms with Gasteiger partial charge >= 0.3 is 5.97 Å². The average molecular weight is 300 g/mol. The van der Waals surface area contributed by atoms with Crippen LogP contribution in [-0.2, 0) is 16.1 Å². The number of hydrogen-bond donors (Lipinski definition) is 2. The minimum atomic E-state index is -0.777. The number of rotatable bonds is 5. The lowest BCUT2D eigenvalue weighted by Gasteiger charge is -2.20. The molecule has 2 atom stereocenters. The number of ether oxygens (including phenoxy) is 2. The van der Waals surface area contributed by atoms with E-state index in [9.17, 15) is 4.79 Å². The molecule has 1 saturated heterocycles. The van der Waals surface area contributed by atoms with Crippen LogP contribution in [0.2, 0.25) is 5.02 Å². The molecular weight excluding hydrogens is 282 g/mol. The Balaban J connectivity index is 2.36. The first-order valence-electron chi connectivity index (χ1n) is 6.38. The average Bonchev–Trinajstić information content (AvgIpc) is 2.87. The third-order valence-corrected chi connectivity index (χ3v) is 3.76. The Bertz CT molecular complexity index is 506. The fourth-order valence-corrected chi connectivity index (χ4v) is 2.86. The summed E-state index contributed by atoms with van der Waals surface area (Å²) in [7, 11) is 3.19. The van der Waals surface area contributed by atoms with E-state index in [2.05, 4.69) is 5.32 Å². The second-order valence-electron chi connectivity index (χ2n) is 4.85. The number of carboxylic acid groups (broad SMARTS) is 1. The fourth-order valence-electron chi connectivity index (χ4n) is 2.63. The molecule has 1 aliphatic rings. The van der Waals surface area contributed by atoms with Crippen molar-refractivity contribution in [2.45, 2.75) is 19.1 Å². The van der Waals surface area contributed by atoms with Crippen LogP contribution in [0.4, 0.5) is 0 Å². The first-order chi connectivity index (χ1) is 9.56. The van der Waals surface area contributed by atoms with Crippen LogP contribution in [0.3, 0.4) is 0 Å². The molecule has 0 amide bonds. The van der Waals surface area contributed by atoms with Gasteiger partial charge in [-0.2, -0.15) is 0 Å². The van der Waals surface area contributed by atoms with E-state index < -0.39 is 5.97 Å². The van der Waals surface area contributed by atoms with Crippen molar-refractivity contribution in [3.05, 3.63) is 28.3 Å². The van der Waals surface area contributed by atoms with Crippen molar-refractivity contribution < 1.29 is 19.4 Å². The number of nitrogens with one attached hydrogen (secondary N) is 1.